The average molecular weight is 388 g/mol. The largest absolute Gasteiger partial charge is 0.368 e. The molecule has 0 radical (unpaired) electrons. The second kappa shape index (κ2) is 7.00. The Bertz CT molecular complexity index is 702. The van der Waals surface area contributed by atoms with Crippen LogP contribution in [0.1, 0.15) is 26.2 Å². The molecule has 0 aromatic heterocycles. The molecule has 2 heterocycles. The van der Waals surface area contributed by atoms with Crippen LogP contribution in [0.15, 0.2) is 18.2 Å². The second-order valence-electron chi connectivity index (χ2n) is 6.71. The standard InChI is InChI=1S/C17H20Cl2FN3O2/c1-17(6-7-20)15(24)23(16(25)21-17)12-3-2-8-22(10-12)14-5-4-11(18)9-13(14)19/h4-5,9,12H,2-3,6-8,10H2,1H3,(H,21,25). The molecule has 136 valence electrons. The molecule has 5 nitrogen and oxygen atoms in total. The molecule has 2 aliphatic rings. The van der Waals surface area contributed by atoms with Gasteiger partial charge in [-0.1, -0.05) is 23.2 Å². The molecule has 2 aliphatic heterocycles. The van der Waals surface area contributed by atoms with Gasteiger partial charge in [-0.05, 0) is 38.0 Å². The lowest BCUT2D eigenvalue weighted by molar-refractivity contribution is -0.132. The molecule has 0 bridgehead atoms. The van der Waals surface area contributed by atoms with E-state index in [1.165, 1.54) is 4.90 Å². The van der Waals surface area contributed by atoms with E-state index in [4.69, 9.17) is 23.2 Å². The number of hydrogen-bond donors (Lipinski definition) is 1. The van der Waals surface area contributed by atoms with E-state index in [0.29, 0.717) is 23.0 Å². The molecule has 2 unspecified atom stereocenters. The number of nitrogens with zero attached hydrogens (tertiary/aromatic N) is 2. The van der Waals surface area contributed by atoms with Gasteiger partial charge in [0.15, 0.2) is 0 Å². The summed E-state index contributed by atoms with van der Waals surface area (Å²) in [6.45, 7) is 2.19. The molecule has 0 aliphatic carbocycles. The number of carbonyl (C=O) groups is 2. The fourth-order valence-electron chi connectivity index (χ4n) is 3.52. The van der Waals surface area contributed by atoms with Crippen molar-refractivity contribution in [3.8, 4) is 0 Å². The van der Waals surface area contributed by atoms with E-state index in [0.717, 1.165) is 18.7 Å². The molecule has 0 spiro atoms. The van der Waals surface area contributed by atoms with Gasteiger partial charge in [0.05, 0.1) is 23.4 Å². The Morgan fingerprint density at radius 1 is 1.36 bits per heavy atom. The van der Waals surface area contributed by atoms with Crippen LogP contribution < -0.4 is 10.2 Å². The number of halogens is 3. The Hall–Kier alpha value is -1.53. The summed E-state index contributed by atoms with van der Waals surface area (Å²) in [6.07, 6.45) is 1.51. The lowest BCUT2D eigenvalue weighted by atomic mass is 9.97. The first-order valence-electron chi connectivity index (χ1n) is 8.27. The number of carbonyl (C=O) groups excluding carboxylic acids is 2. The van der Waals surface area contributed by atoms with Gasteiger partial charge in [-0.15, -0.1) is 0 Å². The van der Waals surface area contributed by atoms with Crippen LogP contribution in [0.4, 0.5) is 14.9 Å². The Kier molecular flexibility index (Phi) is 5.11. The number of piperidine rings is 1. The van der Waals surface area contributed by atoms with Gasteiger partial charge in [-0.3, -0.25) is 14.1 Å². The Morgan fingerprint density at radius 2 is 2.12 bits per heavy atom. The van der Waals surface area contributed by atoms with Crippen LogP contribution in [0.25, 0.3) is 0 Å². The minimum Gasteiger partial charge on any atom is -0.368 e. The quantitative estimate of drug-likeness (QED) is 0.802. The summed E-state index contributed by atoms with van der Waals surface area (Å²) in [5.41, 5.74) is -0.333. The Morgan fingerprint density at radius 3 is 2.80 bits per heavy atom. The van der Waals surface area contributed by atoms with Gasteiger partial charge in [0, 0.05) is 24.5 Å². The SMILES string of the molecule is CC1(CCF)NC(=O)N(C2CCCN(c3ccc(Cl)cc3Cl)C2)C1=O. The van der Waals surface area contributed by atoms with Gasteiger partial charge in [0.25, 0.3) is 5.91 Å². The van der Waals surface area contributed by atoms with Gasteiger partial charge in [0.1, 0.15) is 5.54 Å². The van der Waals surface area contributed by atoms with Crippen LogP contribution in [0, 0.1) is 0 Å². The predicted molar refractivity (Wildman–Crippen MR) is 96.1 cm³/mol. The molecule has 2 fully saturated rings. The van der Waals surface area contributed by atoms with Gasteiger partial charge in [-0.25, -0.2) is 4.79 Å². The van der Waals surface area contributed by atoms with Crippen molar-refractivity contribution in [2.45, 2.75) is 37.8 Å². The van der Waals surface area contributed by atoms with Crippen LogP contribution in [-0.2, 0) is 4.79 Å². The number of nitrogens with one attached hydrogen (secondary N) is 1. The van der Waals surface area contributed by atoms with Crippen LogP contribution in [0.2, 0.25) is 10.0 Å². The number of urea groups is 1. The van der Waals surface area contributed by atoms with E-state index in [1.54, 1.807) is 19.1 Å². The van der Waals surface area contributed by atoms with Crippen LogP contribution in [0.3, 0.4) is 0 Å². The van der Waals surface area contributed by atoms with E-state index in [1.807, 2.05) is 6.07 Å². The number of anilines is 1. The molecular formula is C17H20Cl2FN3O2. The van der Waals surface area contributed by atoms with Crippen LogP contribution in [-0.4, -0.2) is 48.2 Å². The second-order valence-corrected chi connectivity index (χ2v) is 7.56. The van der Waals surface area contributed by atoms with Crippen molar-refractivity contribution in [3.05, 3.63) is 28.2 Å². The molecule has 1 aromatic rings. The van der Waals surface area contributed by atoms with Crippen molar-refractivity contribution in [2.75, 3.05) is 24.7 Å². The van der Waals surface area contributed by atoms with E-state index in [2.05, 4.69) is 10.2 Å². The first-order chi connectivity index (χ1) is 11.9. The van der Waals surface area contributed by atoms with Gasteiger partial charge < -0.3 is 10.2 Å². The fourth-order valence-corrected chi connectivity index (χ4v) is 4.05. The Balaban J connectivity index is 1.79. The summed E-state index contributed by atoms with van der Waals surface area (Å²) in [4.78, 5) is 28.3. The lowest BCUT2D eigenvalue weighted by Gasteiger charge is -2.38. The number of benzene rings is 1. The normalized spacial score (nSPS) is 27.0. The van der Waals surface area contributed by atoms with E-state index in [9.17, 15) is 14.0 Å². The number of alkyl halides is 1. The van der Waals surface area contributed by atoms with Crippen molar-refractivity contribution in [1.29, 1.82) is 0 Å². The smallest absolute Gasteiger partial charge is 0.325 e. The number of hydrogen-bond acceptors (Lipinski definition) is 3. The minimum atomic E-state index is -1.16. The van der Waals surface area contributed by atoms with Crippen molar-refractivity contribution < 1.29 is 14.0 Å². The summed E-state index contributed by atoms with van der Waals surface area (Å²) in [5.74, 6) is -0.357. The summed E-state index contributed by atoms with van der Waals surface area (Å²) in [6, 6.07) is 4.56. The molecule has 2 saturated heterocycles. The highest BCUT2D eigenvalue weighted by molar-refractivity contribution is 6.36. The zero-order chi connectivity index (χ0) is 18.2. The zero-order valence-electron chi connectivity index (χ0n) is 13.9. The summed E-state index contributed by atoms with van der Waals surface area (Å²) < 4.78 is 12.8. The highest BCUT2D eigenvalue weighted by atomic mass is 35.5. The van der Waals surface area contributed by atoms with E-state index >= 15 is 0 Å². The number of imide groups is 1. The lowest BCUT2D eigenvalue weighted by Crippen LogP contribution is -2.51. The van der Waals surface area contributed by atoms with Crippen molar-refractivity contribution in [3.63, 3.8) is 0 Å². The summed E-state index contributed by atoms with van der Waals surface area (Å²) in [5, 5.41) is 3.73. The van der Waals surface area contributed by atoms with Gasteiger partial charge >= 0.3 is 6.03 Å². The van der Waals surface area contributed by atoms with Crippen LogP contribution >= 0.6 is 23.2 Å². The molecule has 2 atom stereocenters. The third-order valence-electron chi connectivity index (χ3n) is 4.90. The third kappa shape index (κ3) is 3.42. The highest BCUT2D eigenvalue weighted by Crippen LogP contribution is 2.33. The molecular weight excluding hydrogens is 368 g/mol. The maximum absolute atomic E-state index is 12.8. The molecule has 1 aromatic carbocycles. The maximum Gasteiger partial charge on any atom is 0.325 e. The topological polar surface area (TPSA) is 52.7 Å². The van der Waals surface area contributed by atoms with Crippen molar-refractivity contribution in [2.24, 2.45) is 0 Å². The average Bonchev–Trinajstić information content (AvgIpc) is 2.77. The summed E-state index contributed by atoms with van der Waals surface area (Å²) >= 11 is 12.2. The number of amides is 3. The van der Waals surface area contributed by atoms with Crippen molar-refractivity contribution >= 4 is 40.8 Å². The first kappa shape index (κ1) is 18.3. The van der Waals surface area contributed by atoms with Crippen LogP contribution in [0.5, 0.6) is 0 Å². The minimum absolute atomic E-state index is 0.0203. The molecule has 8 heteroatoms. The van der Waals surface area contributed by atoms with Gasteiger partial charge in [-0.2, -0.15) is 0 Å². The third-order valence-corrected chi connectivity index (χ3v) is 5.44. The number of rotatable bonds is 4. The Labute approximate surface area is 156 Å². The van der Waals surface area contributed by atoms with E-state index < -0.39 is 18.2 Å². The first-order valence-corrected chi connectivity index (χ1v) is 9.03. The zero-order valence-corrected chi connectivity index (χ0v) is 15.4. The van der Waals surface area contributed by atoms with E-state index in [-0.39, 0.29) is 18.4 Å². The molecule has 3 amide bonds. The summed E-state index contributed by atoms with van der Waals surface area (Å²) in [7, 11) is 0. The molecule has 1 N–H and O–H groups in total. The monoisotopic (exact) mass is 387 g/mol. The molecule has 3 rings (SSSR count). The predicted octanol–water partition coefficient (Wildman–Crippen LogP) is 3.63. The maximum atomic E-state index is 12.8. The van der Waals surface area contributed by atoms with Gasteiger partial charge in [0.2, 0.25) is 0 Å². The fraction of sp³-hybridized carbons (Fsp3) is 0.529. The van der Waals surface area contributed by atoms with Crippen molar-refractivity contribution in [1.82, 2.24) is 10.2 Å². The molecule has 0 saturated carbocycles. The molecule has 25 heavy (non-hydrogen) atoms. The highest BCUT2D eigenvalue weighted by Gasteiger charge is 2.50.